The molecule has 0 amide bonds. The second-order valence-corrected chi connectivity index (χ2v) is 9.33. The van der Waals surface area contributed by atoms with E-state index in [2.05, 4.69) is 33.4 Å². The van der Waals surface area contributed by atoms with Crippen LogP contribution in [0.1, 0.15) is 79.6 Å². The second-order valence-electron chi connectivity index (χ2n) is 9.33. The van der Waals surface area contributed by atoms with Crippen LogP contribution in [0, 0.1) is 22.7 Å². The van der Waals surface area contributed by atoms with Gasteiger partial charge >= 0.3 is 0 Å². The van der Waals surface area contributed by atoms with Crippen molar-refractivity contribution >= 4 is 6.29 Å². The molecule has 3 heteroatoms. The molecule has 2 saturated carbocycles. The monoisotopic (exact) mass is 376 g/mol. The molecule has 0 aromatic heterocycles. The fourth-order valence-electron chi connectivity index (χ4n) is 5.89. The highest BCUT2D eigenvalue weighted by atomic mass is 16.7. The van der Waals surface area contributed by atoms with Gasteiger partial charge in [0.1, 0.15) is 6.29 Å². The number of hydrogen-bond donors (Lipinski definition) is 0. The summed E-state index contributed by atoms with van der Waals surface area (Å²) in [6.07, 6.45) is 10.5. The van der Waals surface area contributed by atoms with Crippen LogP contribution in [0.15, 0.2) is 23.8 Å². The van der Waals surface area contributed by atoms with Gasteiger partial charge in [0.2, 0.25) is 0 Å². The van der Waals surface area contributed by atoms with E-state index >= 15 is 0 Å². The van der Waals surface area contributed by atoms with Crippen LogP contribution in [-0.2, 0) is 14.3 Å². The highest BCUT2D eigenvalue weighted by molar-refractivity contribution is 5.73. The van der Waals surface area contributed by atoms with E-state index in [1.165, 1.54) is 31.3 Å². The molecular weight excluding hydrogens is 336 g/mol. The van der Waals surface area contributed by atoms with Gasteiger partial charge in [0, 0.05) is 19.6 Å². The molecule has 0 spiro atoms. The Morgan fingerprint density at radius 2 is 1.89 bits per heavy atom. The highest BCUT2D eigenvalue weighted by Crippen LogP contribution is 2.61. The SMILES string of the molecule is C=C1CCC2C(C)(C)CCC[C@]2(C)[C@H]1C/C=C(/C=O)CC(OCC)OCC. The third-order valence-electron chi connectivity index (χ3n) is 7.19. The van der Waals surface area contributed by atoms with Gasteiger partial charge in [-0.05, 0) is 74.2 Å². The molecule has 27 heavy (non-hydrogen) atoms. The first-order valence-electron chi connectivity index (χ1n) is 10.8. The predicted octanol–water partition coefficient (Wildman–Crippen LogP) is 6.09. The first-order valence-corrected chi connectivity index (χ1v) is 10.8. The largest absolute Gasteiger partial charge is 0.353 e. The maximum atomic E-state index is 11.7. The lowest BCUT2D eigenvalue weighted by molar-refractivity contribution is -0.136. The van der Waals surface area contributed by atoms with Crippen LogP contribution in [-0.4, -0.2) is 25.8 Å². The molecule has 2 aliphatic rings. The van der Waals surface area contributed by atoms with Crippen molar-refractivity contribution in [1.29, 1.82) is 0 Å². The summed E-state index contributed by atoms with van der Waals surface area (Å²) < 4.78 is 11.2. The van der Waals surface area contributed by atoms with Crippen LogP contribution < -0.4 is 0 Å². The molecule has 3 atom stereocenters. The Kier molecular flexibility index (Phi) is 7.88. The van der Waals surface area contributed by atoms with Crippen molar-refractivity contribution in [1.82, 2.24) is 0 Å². The second kappa shape index (κ2) is 9.52. The lowest BCUT2D eigenvalue weighted by Crippen LogP contribution is -2.49. The first-order chi connectivity index (χ1) is 12.8. The zero-order chi connectivity index (χ0) is 20.1. The fourth-order valence-corrected chi connectivity index (χ4v) is 5.89. The Hall–Kier alpha value is -0.930. The van der Waals surface area contributed by atoms with E-state index in [1.54, 1.807) is 0 Å². The zero-order valence-corrected chi connectivity index (χ0v) is 18.2. The molecule has 0 aromatic carbocycles. The maximum Gasteiger partial charge on any atom is 0.161 e. The van der Waals surface area contributed by atoms with Crippen molar-refractivity contribution in [3.63, 3.8) is 0 Å². The molecule has 0 saturated heterocycles. The summed E-state index contributed by atoms with van der Waals surface area (Å²) in [5, 5.41) is 0. The van der Waals surface area contributed by atoms with Gasteiger partial charge in [-0.25, -0.2) is 0 Å². The average molecular weight is 377 g/mol. The van der Waals surface area contributed by atoms with Crippen LogP contribution in [0.5, 0.6) is 0 Å². The first kappa shape index (κ1) is 22.4. The van der Waals surface area contributed by atoms with Crippen molar-refractivity contribution < 1.29 is 14.3 Å². The number of rotatable bonds is 9. The minimum absolute atomic E-state index is 0.292. The number of aldehydes is 1. The summed E-state index contributed by atoms with van der Waals surface area (Å²) in [4.78, 5) is 11.7. The van der Waals surface area contributed by atoms with Crippen molar-refractivity contribution in [3.05, 3.63) is 23.8 Å². The summed E-state index contributed by atoms with van der Waals surface area (Å²) in [5.41, 5.74) is 2.86. The van der Waals surface area contributed by atoms with E-state index in [1.807, 2.05) is 13.8 Å². The van der Waals surface area contributed by atoms with Crippen LogP contribution in [0.3, 0.4) is 0 Å². The Balaban J connectivity index is 2.15. The summed E-state index contributed by atoms with van der Waals surface area (Å²) in [7, 11) is 0. The van der Waals surface area contributed by atoms with Gasteiger partial charge < -0.3 is 9.47 Å². The van der Waals surface area contributed by atoms with E-state index in [0.717, 1.165) is 30.6 Å². The molecule has 154 valence electrons. The van der Waals surface area contributed by atoms with Gasteiger partial charge in [0.25, 0.3) is 0 Å². The quantitative estimate of drug-likeness (QED) is 0.211. The molecule has 0 radical (unpaired) electrons. The molecule has 2 rings (SSSR count). The highest BCUT2D eigenvalue weighted by Gasteiger charge is 2.52. The third-order valence-corrected chi connectivity index (χ3v) is 7.19. The lowest BCUT2D eigenvalue weighted by atomic mass is 9.47. The van der Waals surface area contributed by atoms with Gasteiger partial charge in [-0.2, -0.15) is 0 Å². The van der Waals surface area contributed by atoms with Gasteiger partial charge in [0.15, 0.2) is 6.29 Å². The minimum Gasteiger partial charge on any atom is -0.353 e. The number of hydrogen-bond acceptors (Lipinski definition) is 3. The van der Waals surface area contributed by atoms with Gasteiger partial charge in [-0.3, -0.25) is 4.79 Å². The normalized spacial score (nSPS) is 31.0. The number of carbonyl (C=O) groups excluding carboxylic acids is 1. The predicted molar refractivity (Wildman–Crippen MR) is 112 cm³/mol. The number of carbonyl (C=O) groups is 1. The molecule has 1 unspecified atom stereocenters. The molecule has 0 aromatic rings. The Bertz CT molecular complexity index is 542. The zero-order valence-electron chi connectivity index (χ0n) is 18.2. The van der Waals surface area contributed by atoms with E-state index in [4.69, 9.17) is 9.47 Å². The molecule has 0 aliphatic heterocycles. The average Bonchev–Trinajstić information content (AvgIpc) is 2.59. The van der Waals surface area contributed by atoms with Crippen molar-refractivity contribution in [2.24, 2.45) is 22.7 Å². The Labute approximate surface area is 166 Å². The summed E-state index contributed by atoms with van der Waals surface area (Å²) in [6, 6.07) is 0. The molecule has 2 fully saturated rings. The van der Waals surface area contributed by atoms with Crippen LogP contribution >= 0.6 is 0 Å². The molecule has 0 N–H and O–H groups in total. The topological polar surface area (TPSA) is 35.5 Å². The summed E-state index contributed by atoms with van der Waals surface area (Å²) in [5.74, 6) is 1.20. The molecule has 0 heterocycles. The Morgan fingerprint density at radius 1 is 1.22 bits per heavy atom. The van der Waals surface area contributed by atoms with Crippen LogP contribution in [0.2, 0.25) is 0 Å². The Morgan fingerprint density at radius 3 is 2.48 bits per heavy atom. The van der Waals surface area contributed by atoms with Gasteiger partial charge in [-0.1, -0.05) is 45.4 Å². The van der Waals surface area contributed by atoms with Crippen molar-refractivity contribution in [2.75, 3.05) is 13.2 Å². The standard InChI is InChI=1S/C24H40O3/c1-7-26-22(27-8-2)16-19(17-25)11-12-20-18(3)10-13-21-23(4,5)14-9-15-24(20,21)6/h11,17,20-22H,3,7-10,12-16H2,1-2,4-6H3/b19-11+/t20-,21?,24+/m0/s1. The van der Waals surface area contributed by atoms with E-state index in [9.17, 15) is 4.79 Å². The summed E-state index contributed by atoms with van der Waals surface area (Å²) in [6.45, 7) is 16.9. The summed E-state index contributed by atoms with van der Waals surface area (Å²) >= 11 is 0. The van der Waals surface area contributed by atoms with E-state index in [-0.39, 0.29) is 6.29 Å². The number of ether oxygens (including phenoxy) is 2. The molecular formula is C24H40O3. The smallest absolute Gasteiger partial charge is 0.161 e. The van der Waals surface area contributed by atoms with Crippen LogP contribution in [0.4, 0.5) is 0 Å². The van der Waals surface area contributed by atoms with Crippen LogP contribution in [0.25, 0.3) is 0 Å². The molecule has 2 aliphatic carbocycles. The van der Waals surface area contributed by atoms with E-state index < -0.39 is 0 Å². The van der Waals surface area contributed by atoms with E-state index in [0.29, 0.717) is 36.4 Å². The number of allylic oxidation sites excluding steroid dienone is 2. The fraction of sp³-hybridized carbons (Fsp3) is 0.792. The third kappa shape index (κ3) is 5.12. The van der Waals surface area contributed by atoms with Crippen molar-refractivity contribution in [2.45, 2.75) is 85.9 Å². The molecule has 3 nitrogen and oxygen atoms in total. The maximum absolute atomic E-state index is 11.7. The van der Waals surface area contributed by atoms with Crippen molar-refractivity contribution in [3.8, 4) is 0 Å². The lowest BCUT2D eigenvalue weighted by Gasteiger charge is -2.58. The minimum atomic E-state index is -0.331. The number of fused-ring (bicyclic) bond motifs is 1. The molecule has 0 bridgehead atoms. The van der Waals surface area contributed by atoms with Gasteiger partial charge in [0.05, 0.1) is 0 Å². The van der Waals surface area contributed by atoms with Gasteiger partial charge in [-0.15, -0.1) is 0 Å².